The molecule has 0 saturated heterocycles. The van der Waals surface area contributed by atoms with Crippen LogP contribution >= 0.6 is 0 Å². The minimum absolute atomic E-state index is 0.423. The molecule has 17 aromatic rings. The van der Waals surface area contributed by atoms with E-state index in [0.29, 0.717) is 22.5 Å². The normalized spacial score (nSPS) is 11.6. The monoisotopic (exact) mass is 1120 g/mol. The first-order chi connectivity index (χ1) is 43.6. The van der Waals surface area contributed by atoms with Crippen LogP contribution in [-0.2, 0) is 0 Å². The van der Waals surface area contributed by atoms with Crippen molar-refractivity contribution < 1.29 is 0 Å². The Labute approximate surface area is 506 Å². The fourth-order valence-electron chi connectivity index (χ4n) is 13.8. The zero-order chi connectivity index (χ0) is 58.4. The Morgan fingerprint density at radius 3 is 0.830 bits per heavy atom. The zero-order valence-electron chi connectivity index (χ0n) is 47.4. The van der Waals surface area contributed by atoms with Gasteiger partial charge in [0.15, 0.2) is 0 Å². The summed E-state index contributed by atoms with van der Waals surface area (Å²) in [6, 6.07) is 112. The van der Waals surface area contributed by atoms with Gasteiger partial charge in [0, 0.05) is 88.6 Å². The maximum Gasteiger partial charge on any atom is 0.101 e. The molecule has 0 spiro atoms. The van der Waals surface area contributed by atoms with Crippen molar-refractivity contribution in [1.82, 2.24) is 18.3 Å². The molecule has 8 nitrogen and oxygen atoms in total. The second-order valence-corrected chi connectivity index (χ2v) is 22.3. The third kappa shape index (κ3) is 7.77. The molecule has 0 fully saturated rings. The summed E-state index contributed by atoms with van der Waals surface area (Å²) in [7, 11) is 0. The second kappa shape index (κ2) is 20.2. The molecular formula is C80H50N8. The topological polar surface area (TPSA) is 73.8 Å². The molecule has 0 radical (unpaired) electrons. The summed E-state index contributed by atoms with van der Waals surface area (Å²) in [5.41, 5.74) is 18.2. The van der Waals surface area contributed by atoms with Crippen molar-refractivity contribution in [2.45, 2.75) is 0 Å². The highest BCUT2D eigenvalue weighted by molar-refractivity contribution is 6.21. The summed E-state index contributed by atoms with van der Waals surface area (Å²) in [5, 5.41) is 32.0. The summed E-state index contributed by atoms with van der Waals surface area (Å²) in [6.07, 6.45) is 0. The van der Waals surface area contributed by atoms with Crippen molar-refractivity contribution in [2.24, 2.45) is 0 Å². The highest BCUT2D eigenvalue weighted by Crippen LogP contribution is 2.47. The first-order valence-corrected chi connectivity index (χ1v) is 29.5. The Kier molecular flexibility index (Phi) is 11.5. The van der Waals surface area contributed by atoms with Gasteiger partial charge in [-0.05, 0) is 158 Å². The van der Waals surface area contributed by atoms with Gasteiger partial charge in [0.05, 0.1) is 66.6 Å². The van der Waals surface area contributed by atoms with Crippen LogP contribution in [0.2, 0.25) is 0 Å². The summed E-state index contributed by atoms with van der Waals surface area (Å²) in [5.74, 6) is 0. The smallest absolute Gasteiger partial charge is 0.101 e. The molecule has 0 N–H and O–H groups in total. The molecule has 88 heavy (non-hydrogen) atoms. The Hall–Kier alpha value is -12.4. The number of fused-ring (bicyclic) bond motifs is 12. The number of aromatic nitrogens is 4. The lowest BCUT2D eigenvalue weighted by Gasteiger charge is -2.25. The molecule has 0 unspecified atom stereocenters. The predicted octanol–water partition coefficient (Wildman–Crippen LogP) is 20.8. The van der Waals surface area contributed by atoms with Crippen LogP contribution < -0.4 is 9.80 Å². The van der Waals surface area contributed by atoms with Crippen LogP contribution in [0.1, 0.15) is 11.1 Å². The quantitative estimate of drug-likeness (QED) is 0.137. The number of anilines is 6. The Bertz CT molecular complexity index is 5260. The minimum Gasteiger partial charge on any atom is -0.310 e. The molecule has 410 valence electrons. The molecule has 8 heteroatoms. The van der Waals surface area contributed by atoms with Crippen LogP contribution in [0.5, 0.6) is 0 Å². The van der Waals surface area contributed by atoms with Gasteiger partial charge in [-0.25, -0.2) is 0 Å². The predicted molar refractivity (Wildman–Crippen MR) is 363 cm³/mol. The lowest BCUT2D eigenvalue weighted by atomic mass is 10.1. The Balaban J connectivity index is 0.947. The van der Waals surface area contributed by atoms with E-state index in [9.17, 15) is 10.5 Å². The standard InChI is InChI=1S/C80H50N8/c81-51-53-44-76(88-74-42-40-62(84(57-27-11-3-12-28-57)58-29-13-4-14-30-58)46-66(74)70-50-78-68(48-80(70)88)64-36-20-22-38-72(64)86(78)60-33-17-6-18-34-60)54(52-82)43-75(53)87-73-41-39-61(83(55-23-7-1-8-24-55)56-25-9-2-10-26-56)45-65(73)69-49-77-67(47-79(69)87)63-35-19-21-37-71(63)85(77)59-31-15-5-16-32-59/h1-50H. The van der Waals surface area contributed by atoms with Gasteiger partial charge in [-0.1, -0.05) is 146 Å². The average molecular weight is 1120 g/mol. The summed E-state index contributed by atoms with van der Waals surface area (Å²) < 4.78 is 9.12. The zero-order valence-corrected chi connectivity index (χ0v) is 47.4. The minimum atomic E-state index is 0.423. The second-order valence-electron chi connectivity index (χ2n) is 22.3. The SMILES string of the molecule is N#Cc1cc(-n2c3ccc(N(c4ccccc4)c4ccccc4)cc3c3cc4c(cc32)c2ccccc2n4-c2ccccc2)c(C#N)cc1-n1c2ccc(N(c3ccccc3)c3ccccc3)cc2c2cc3c(cc21)c1ccccc1n3-c1ccccc1. The molecular weight excluding hydrogens is 1070 g/mol. The van der Waals surface area contributed by atoms with Gasteiger partial charge >= 0.3 is 0 Å². The van der Waals surface area contributed by atoms with Gasteiger partial charge < -0.3 is 28.1 Å². The largest absolute Gasteiger partial charge is 0.310 e. The van der Waals surface area contributed by atoms with Crippen LogP contribution in [0, 0.1) is 22.7 Å². The van der Waals surface area contributed by atoms with E-state index in [2.05, 4.69) is 307 Å². The fraction of sp³-hybridized carbons (Fsp3) is 0. The van der Waals surface area contributed by atoms with Gasteiger partial charge in [-0.2, -0.15) is 10.5 Å². The molecule has 0 aliphatic carbocycles. The average Bonchev–Trinajstić information content (AvgIpc) is 1.60. The van der Waals surface area contributed by atoms with Crippen LogP contribution in [0.15, 0.2) is 303 Å². The van der Waals surface area contributed by atoms with E-state index in [1.165, 1.54) is 0 Å². The maximum absolute atomic E-state index is 11.8. The fourth-order valence-corrected chi connectivity index (χ4v) is 13.8. The molecule has 0 bridgehead atoms. The van der Waals surface area contributed by atoms with Gasteiger partial charge in [0.2, 0.25) is 0 Å². The van der Waals surface area contributed by atoms with Gasteiger partial charge in [0.25, 0.3) is 0 Å². The molecule has 0 aliphatic heterocycles. The van der Waals surface area contributed by atoms with Crippen LogP contribution in [0.3, 0.4) is 0 Å². The number of hydrogen-bond donors (Lipinski definition) is 0. The number of para-hydroxylation sites is 8. The number of rotatable bonds is 10. The number of nitrogens with zero attached hydrogens (tertiary/aromatic N) is 8. The molecule has 0 saturated carbocycles. The van der Waals surface area contributed by atoms with Crippen LogP contribution in [0.4, 0.5) is 34.1 Å². The molecule has 0 amide bonds. The van der Waals surface area contributed by atoms with E-state index in [-0.39, 0.29) is 0 Å². The third-order valence-electron chi connectivity index (χ3n) is 17.5. The maximum atomic E-state index is 11.8. The Morgan fingerprint density at radius 2 is 0.489 bits per heavy atom. The molecule has 17 rings (SSSR count). The van der Waals surface area contributed by atoms with Crippen molar-refractivity contribution in [1.29, 1.82) is 10.5 Å². The van der Waals surface area contributed by atoms with Crippen LogP contribution in [-0.4, -0.2) is 18.3 Å². The Morgan fingerprint density at radius 1 is 0.216 bits per heavy atom. The third-order valence-corrected chi connectivity index (χ3v) is 17.5. The molecule has 0 atom stereocenters. The van der Waals surface area contributed by atoms with E-state index >= 15 is 0 Å². The van der Waals surface area contributed by atoms with E-state index in [4.69, 9.17) is 0 Å². The molecule has 0 aliphatic rings. The van der Waals surface area contributed by atoms with Crippen LogP contribution in [0.25, 0.3) is 110 Å². The van der Waals surface area contributed by atoms with Gasteiger partial charge in [0.1, 0.15) is 12.1 Å². The van der Waals surface area contributed by atoms with Crippen molar-refractivity contribution in [3.8, 4) is 34.9 Å². The van der Waals surface area contributed by atoms with E-state index in [1.54, 1.807) is 0 Å². The van der Waals surface area contributed by atoms with Crippen molar-refractivity contribution >= 4 is 121 Å². The first-order valence-electron chi connectivity index (χ1n) is 29.5. The van der Waals surface area contributed by atoms with E-state index in [0.717, 1.165) is 133 Å². The van der Waals surface area contributed by atoms with Crippen molar-refractivity contribution in [3.05, 3.63) is 314 Å². The summed E-state index contributed by atoms with van der Waals surface area (Å²) >= 11 is 0. The van der Waals surface area contributed by atoms with Gasteiger partial charge in [-0.15, -0.1) is 0 Å². The lowest BCUT2D eigenvalue weighted by molar-refractivity contribution is 1.12. The first kappa shape index (κ1) is 50.2. The number of nitriles is 2. The highest BCUT2D eigenvalue weighted by Gasteiger charge is 2.26. The van der Waals surface area contributed by atoms with Gasteiger partial charge in [-0.3, -0.25) is 0 Å². The number of benzene rings is 13. The lowest BCUT2D eigenvalue weighted by Crippen LogP contribution is -2.09. The molecule has 13 aromatic carbocycles. The summed E-state index contributed by atoms with van der Waals surface area (Å²) in [6.45, 7) is 0. The van der Waals surface area contributed by atoms with Crippen molar-refractivity contribution in [3.63, 3.8) is 0 Å². The molecule has 4 aromatic heterocycles. The summed E-state index contributed by atoms with van der Waals surface area (Å²) in [4.78, 5) is 4.57. The van der Waals surface area contributed by atoms with Crippen molar-refractivity contribution in [2.75, 3.05) is 9.80 Å². The van der Waals surface area contributed by atoms with E-state index in [1.807, 2.05) is 36.4 Å². The van der Waals surface area contributed by atoms with E-state index < -0.39 is 0 Å². The molecule has 4 heterocycles. The highest BCUT2D eigenvalue weighted by atomic mass is 15.2. The number of hydrogen-bond acceptors (Lipinski definition) is 4.